The minimum atomic E-state index is 0.516. The fourth-order valence-electron chi connectivity index (χ4n) is 2.26. The summed E-state index contributed by atoms with van der Waals surface area (Å²) in [7, 11) is 0. The maximum atomic E-state index is 5.35. The van der Waals surface area contributed by atoms with Crippen molar-refractivity contribution in [2.24, 2.45) is 5.92 Å². The second kappa shape index (κ2) is 4.79. The smallest absolute Gasteiger partial charge is 0.140 e. The Morgan fingerprint density at radius 3 is 3.13 bits per heavy atom. The maximum absolute atomic E-state index is 5.35. The van der Waals surface area contributed by atoms with Gasteiger partial charge in [-0.25, -0.2) is 0 Å². The van der Waals surface area contributed by atoms with Crippen LogP contribution >= 0.6 is 0 Å². The van der Waals surface area contributed by atoms with Gasteiger partial charge in [0.2, 0.25) is 0 Å². The van der Waals surface area contributed by atoms with Crippen molar-refractivity contribution >= 4 is 0 Å². The molecule has 0 amide bonds. The molecule has 0 aromatic carbocycles. The number of nitrogens with zero attached hydrogens (tertiary/aromatic N) is 1. The second-order valence-electron chi connectivity index (χ2n) is 4.78. The molecule has 2 rings (SSSR count). The molecule has 1 atom stereocenters. The van der Waals surface area contributed by atoms with E-state index in [9.17, 15) is 0 Å². The molecule has 0 bridgehead atoms. The number of piperidine rings is 1. The number of aromatic nitrogens is 1. The van der Waals surface area contributed by atoms with Gasteiger partial charge < -0.3 is 9.84 Å². The van der Waals surface area contributed by atoms with Crippen LogP contribution in [0, 0.1) is 5.92 Å². The lowest BCUT2D eigenvalue weighted by Crippen LogP contribution is -2.30. The highest BCUT2D eigenvalue weighted by atomic mass is 16.5. The van der Waals surface area contributed by atoms with Gasteiger partial charge in [-0.1, -0.05) is 19.0 Å². The Hall–Kier alpha value is -0.830. The van der Waals surface area contributed by atoms with E-state index in [0.29, 0.717) is 5.92 Å². The van der Waals surface area contributed by atoms with E-state index >= 15 is 0 Å². The second-order valence-corrected chi connectivity index (χ2v) is 4.78. The van der Waals surface area contributed by atoms with Crippen LogP contribution in [0.25, 0.3) is 0 Å². The van der Waals surface area contributed by atoms with Gasteiger partial charge in [-0.2, -0.15) is 0 Å². The molecule has 1 aromatic rings. The molecule has 2 heterocycles. The summed E-state index contributed by atoms with van der Waals surface area (Å²) in [6.07, 6.45) is 5.51. The van der Waals surface area contributed by atoms with Crippen molar-refractivity contribution in [2.45, 2.75) is 39.0 Å². The Balaban J connectivity index is 1.99. The van der Waals surface area contributed by atoms with E-state index in [1.807, 2.05) is 6.20 Å². The van der Waals surface area contributed by atoms with Gasteiger partial charge in [0.25, 0.3) is 0 Å². The van der Waals surface area contributed by atoms with E-state index in [1.165, 1.54) is 24.9 Å². The molecule has 0 saturated carbocycles. The van der Waals surface area contributed by atoms with Gasteiger partial charge in [0.1, 0.15) is 5.76 Å². The minimum Gasteiger partial charge on any atom is -0.361 e. The van der Waals surface area contributed by atoms with Crippen molar-refractivity contribution in [3.8, 4) is 0 Å². The molecule has 3 nitrogen and oxygen atoms in total. The Labute approximate surface area is 91.2 Å². The lowest BCUT2D eigenvalue weighted by Gasteiger charge is -2.22. The van der Waals surface area contributed by atoms with Crippen LogP contribution in [-0.2, 0) is 6.42 Å². The van der Waals surface area contributed by atoms with Crippen molar-refractivity contribution in [1.29, 1.82) is 0 Å². The zero-order chi connectivity index (χ0) is 10.7. The molecule has 15 heavy (non-hydrogen) atoms. The van der Waals surface area contributed by atoms with Crippen LogP contribution < -0.4 is 5.32 Å². The van der Waals surface area contributed by atoms with Crippen LogP contribution in [-0.4, -0.2) is 18.2 Å². The first-order valence-corrected chi connectivity index (χ1v) is 5.91. The first kappa shape index (κ1) is 10.7. The van der Waals surface area contributed by atoms with Gasteiger partial charge in [-0.3, -0.25) is 0 Å². The van der Waals surface area contributed by atoms with Crippen molar-refractivity contribution in [1.82, 2.24) is 10.5 Å². The Kier molecular flexibility index (Phi) is 3.41. The molecule has 1 aliphatic rings. The summed E-state index contributed by atoms with van der Waals surface area (Å²) >= 11 is 0. The summed E-state index contributed by atoms with van der Waals surface area (Å²) in [5.74, 6) is 2.34. The van der Waals surface area contributed by atoms with Gasteiger partial charge in [0, 0.05) is 12.0 Å². The molecule has 0 spiro atoms. The van der Waals surface area contributed by atoms with Crippen molar-refractivity contribution in [2.75, 3.05) is 13.1 Å². The van der Waals surface area contributed by atoms with E-state index in [-0.39, 0.29) is 0 Å². The molecule has 3 heteroatoms. The number of hydrogen-bond acceptors (Lipinski definition) is 3. The molecule has 1 saturated heterocycles. The fourth-order valence-corrected chi connectivity index (χ4v) is 2.26. The monoisotopic (exact) mass is 208 g/mol. The molecule has 1 fully saturated rings. The Morgan fingerprint density at radius 2 is 2.47 bits per heavy atom. The summed E-state index contributed by atoms with van der Waals surface area (Å²) in [5.41, 5.74) is 1.28. The van der Waals surface area contributed by atoms with Gasteiger partial charge in [0.15, 0.2) is 0 Å². The first-order chi connectivity index (χ1) is 7.27. The molecular weight excluding hydrogens is 188 g/mol. The third-order valence-electron chi connectivity index (χ3n) is 3.17. The largest absolute Gasteiger partial charge is 0.361 e. The van der Waals surface area contributed by atoms with Gasteiger partial charge >= 0.3 is 0 Å². The minimum absolute atomic E-state index is 0.516. The van der Waals surface area contributed by atoms with Crippen LogP contribution in [0.5, 0.6) is 0 Å². The van der Waals surface area contributed by atoms with Gasteiger partial charge in [0.05, 0.1) is 6.20 Å². The van der Waals surface area contributed by atoms with E-state index in [2.05, 4.69) is 24.3 Å². The molecule has 84 valence electrons. The molecule has 1 aromatic heterocycles. The summed E-state index contributed by atoms with van der Waals surface area (Å²) < 4.78 is 5.35. The van der Waals surface area contributed by atoms with Gasteiger partial charge in [-0.15, -0.1) is 0 Å². The summed E-state index contributed by atoms with van der Waals surface area (Å²) in [6.45, 7) is 6.67. The van der Waals surface area contributed by atoms with Crippen molar-refractivity contribution in [3.05, 3.63) is 17.5 Å². The average Bonchev–Trinajstić information content (AvgIpc) is 2.67. The highest BCUT2D eigenvalue weighted by Crippen LogP contribution is 2.23. The zero-order valence-corrected chi connectivity index (χ0v) is 9.62. The fraction of sp³-hybridized carbons (Fsp3) is 0.750. The third-order valence-corrected chi connectivity index (χ3v) is 3.17. The van der Waals surface area contributed by atoms with E-state index < -0.39 is 0 Å². The zero-order valence-electron chi connectivity index (χ0n) is 9.62. The molecule has 0 aliphatic carbocycles. The number of nitrogens with one attached hydrogen (secondary N) is 1. The van der Waals surface area contributed by atoms with Crippen LogP contribution in [0.2, 0.25) is 0 Å². The van der Waals surface area contributed by atoms with Crippen molar-refractivity contribution in [3.63, 3.8) is 0 Å². The molecule has 1 unspecified atom stereocenters. The average molecular weight is 208 g/mol. The normalized spacial score (nSPS) is 22.2. The lowest BCUT2D eigenvalue weighted by atomic mass is 9.92. The summed E-state index contributed by atoms with van der Waals surface area (Å²) in [4.78, 5) is 0. The quantitative estimate of drug-likeness (QED) is 0.828. The highest BCUT2D eigenvalue weighted by molar-refractivity contribution is 5.18. The number of rotatable bonds is 3. The SMILES string of the molecule is CC(C)c1cnoc1CC1CCCNC1. The van der Waals surface area contributed by atoms with Gasteiger partial charge in [-0.05, 0) is 37.8 Å². The predicted octanol–water partition coefficient (Wildman–Crippen LogP) is 2.34. The highest BCUT2D eigenvalue weighted by Gasteiger charge is 2.19. The lowest BCUT2D eigenvalue weighted by molar-refractivity contribution is 0.319. The summed E-state index contributed by atoms with van der Waals surface area (Å²) in [5, 5.41) is 7.35. The van der Waals surface area contributed by atoms with E-state index in [4.69, 9.17) is 4.52 Å². The van der Waals surface area contributed by atoms with E-state index in [0.717, 1.165) is 24.6 Å². The Morgan fingerprint density at radius 1 is 1.60 bits per heavy atom. The third kappa shape index (κ3) is 2.59. The summed E-state index contributed by atoms with van der Waals surface area (Å²) in [6, 6.07) is 0. The molecular formula is C12H20N2O. The first-order valence-electron chi connectivity index (χ1n) is 5.91. The molecule has 0 radical (unpaired) electrons. The van der Waals surface area contributed by atoms with Crippen LogP contribution in [0.3, 0.4) is 0 Å². The standard InChI is InChI=1S/C12H20N2O/c1-9(2)11-8-14-15-12(11)6-10-4-3-5-13-7-10/h8-10,13H,3-7H2,1-2H3. The molecule has 1 aliphatic heterocycles. The van der Waals surface area contributed by atoms with Crippen LogP contribution in [0.15, 0.2) is 10.7 Å². The molecule has 1 N–H and O–H groups in total. The van der Waals surface area contributed by atoms with Crippen LogP contribution in [0.4, 0.5) is 0 Å². The van der Waals surface area contributed by atoms with Crippen molar-refractivity contribution < 1.29 is 4.52 Å². The van der Waals surface area contributed by atoms with Crippen LogP contribution in [0.1, 0.15) is 43.9 Å². The maximum Gasteiger partial charge on any atom is 0.140 e. The topological polar surface area (TPSA) is 38.1 Å². The number of hydrogen-bond donors (Lipinski definition) is 1. The predicted molar refractivity (Wildman–Crippen MR) is 59.9 cm³/mol. The Bertz CT molecular complexity index is 300. The van der Waals surface area contributed by atoms with E-state index in [1.54, 1.807) is 0 Å².